The fourth-order valence-corrected chi connectivity index (χ4v) is 4.54. The van der Waals surface area contributed by atoms with Crippen molar-refractivity contribution in [1.82, 2.24) is 15.1 Å². The van der Waals surface area contributed by atoms with E-state index >= 15 is 0 Å². The third kappa shape index (κ3) is 4.53. The molecular weight excluding hydrogens is 334 g/mol. The van der Waals surface area contributed by atoms with E-state index in [1.54, 1.807) is 6.92 Å². The molecule has 5 heteroatoms. The quantitative estimate of drug-likeness (QED) is 0.532. The molecule has 3 rings (SSSR count). The van der Waals surface area contributed by atoms with Crippen LogP contribution in [0.15, 0.2) is 24.8 Å². The summed E-state index contributed by atoms with van der Waals surface area (Å²) in [4.78, 5) is 5.15. The minimum atomic E-state index is 0.247. The molecule has 148 valence electrons. The Morgan fingerprint density at radius 1 is 1.19 bits per heavy atom. The van der Waals surface area contributed by atoms with Gasteiger partial charge in [-0.2, -0.15) is 0 Å². The molecule has 0 unspecified atom stereocenters. The van der Waals surface area contributed by atoms with Gasteiger partial charge in [0.2, 0.25) is 0 Å². The summed E-state index contributed by atoms with van der Waals surface area (Å²) in [5.74, 6) is 0. The molecule has 1 saturated heterocycles. The third-order valence-electron chi connectivity index (χ3n) is 6.39. The van der Waals surface area contributed by atoms with E-state index in [0.29, 0.717) is 11.4 Å². The van der Waals surface area contributed by atoms with Gasteiger partial charge in [-0.1, -0.05) is 31.9 Å². The van der Waals surface area contributed by atoms with Crippen LogP contribution in [0.3, 0.4) is 0 Å². The molecule has 2 fully saturated rings. The lowest BCUT2D eigenvalue weighted by Gasteiger charge is -2.49. The highest BCUT2D eigenvalue weighted by Gasteiger charge is 2.38. The van der Waals surface area contributed by atoms with Crippen LogP contribution in [0.1, 0.15) is 50.2 Å². The molecule has 1 heterocycles. The molecule has 5 nitrogen and oxygen atoms in total. The van der Waals surface area contributed by atoms with Gasteiger partial charge in [-0.3, -0.25) is 4.90 Å². The molecule has 0 atom stereocenters. The molecule has 1 saturated carbocycles. The number of likely N-dealkylation sites (N-methyl/N-ethyl adjacent to an activating group) is 1. The standard InChI is InChI=1S/C22H35N5/c1-17(23)20-15-19(7-8-21(20)24)18(2)25-16-22(9-5-4-6-10-22)27-13-11-26(3)12-14-27/h7-8,15,23,25H,2,4-6,9-14,16,24H2,1,3H3. The lowest BCUT2D eigenvalue weighted by atomic mass is 9.79. The Bertz CT molecular complexity index is 682. The van der Waals surface area contributed by atoms with Crippen molar-refractivity contribution in [2.75, 3.05) is 45.5 Å². The summed E-state index contributed by atoms with van der Waals surface area (Å²) >= 11 is 0. The van der Waals surface area contributed by atoms with Crippen LogP contribution >= 0.6 is 0 Å². The Kier molecular flexibility index (Phi) is 6.22. The van der Waals surface area contributed by atoms with Crippen LogP contribution in [0.5, 0.6) is 0 Å². The Morgan fingerprint density at radius 2 is 1.85 bits per heavy atom. The molecule has 1 aliphatic heterocycles. The van der Waals surface area contributed by atoms with Crippen molar-refractivity contribution in [2.45, 2.75) is 44.6 Å². The number of nitrogens with zero attached hydrogens (tertiary/aromatic N) is 2. The topological polar surface area (TPSA) is 68.4 Å². The number of anilines is 1. The van der Waals surface area contributed by atoms with E-state index in [9.17, 15) is 0 Å². The number of piperazine rings is 1. The fraction of sp³-hybridized carbons (Fsp3) is 0.591. The van der Waals surface area contributed by atoms with Gasteiger partial charge < -0.3 is 21.4 Å². The molecule has 1 aromatic rings. The minimum Gasteiger partial charge on any atom is -0.398 e. The van der Waals surface area contributed by atoms with Crippen molar-refractivity contribution < 1.29 is 0 Å². The van der Waals surface area contributed by atoms with Gasteiger partial charge in [0.15, 0.2) is 0 Å². The van der Waals surface area contributed by atoms with E-state index < -0.39 is 0 Å². The van der Waals surface area contributed by atoms with Gasteiger partial charge in [0, 0.05) is 60.9 Å². The van der Waals surface area contributed by atoms with E-state index in [0.717, 1.165) is 49.5 Å². The maximum absolute atomic E-state index is 7.92. The van der Waals surface area contributed by atoms with Crippen molar-refractivity contribution in [3.8, 4) is 0 Å². The van der Waals surface area contributed by atoms with Crippen LogP contribution in [0.4, 0.5) is 5.69 Å². The van der Waals surface area contributed by atoms with Crippen molar-refractivity contribution in [3.05, 3.63) is 35.9 Å². The van der Waals surface area contributed by atoms with Crippen LogP contribution < -0.4 is 11.1 Å². The molecule has 0 bridgehead atoms. The number of benzene rings is 1. The van der Waals surface area contributed by atoms with Crippen LogP contribution in [0.2, 0.25) is 0 Å². The molecule has 4 N–H and O–H groups in total. The molecule has 1 aliphatic carbocycles. The Morgan fingerprint density at radius 3 is 2.48 bits per heavy atom. The lowest BCUT2D eigenvalue weighted by molar-refractivity contribution is 0.0162. The summed E-state index contributed by atoms with van der Waals surface area (Å²) in [6, 6.07) is 5.86. The number of hydrogen-bond acceptors (Lipinski definition) is 5. The highest BCUT2D eigenvalue weighted by Crippen LogP contribution is 2.34. The van der Waals surface area contributed by atoms with Crippen LogP contribution in [-0.2, 0) is 0 Å². The third-order valence-corrected chi connectivity index (χ3v) is 6.39. The Balaban J connectivity index is 1.71. The summed E-state index contributed by atoms with van der Waals surface area (Å²) in [7, 11) is 2.22. The fourth-order valence-electron chi connectivity index (χ4n) is 4.54. The number of rotatable bonds is 6. The van der Waals surface area contributed by atoms with E-state index in [1.165, 1.54) is 32.1 Å². The molecule has 2 aliphatic rings. The van der Waals surface area contributed by atoms with Gasteiger partial charge in [-0.15, -0.1) is 0 Å². The Hall–Kier alpha value is -1.85. The molecule has 0 radical (unpaired) electrons. The van der Waals surface area contributed by atoms with Gasteiger partial charge in [-0.25, -0.2) is 0 Å². The maximum atomic E-state index is 7.92. The first kappa shape index (κ1) is 19.9. The highest BCUT2D eigenvalue weighted by molar-refractivity contribution is 6.01. The first-order valence-corrected chi connectivity index (χ1v) is 10.2. The Labute approximate surface area is 164 Å². The second-order valence-corrected chi connectivity index (χ2v) is 8.33. The SMILES string of the molecule is C=C(NCC1(N2CCN(C)CC2)CCCCC1)c1ccc(N)c(C(C)=N)c1. The van der Waals surface area contributed by atoms with Crippen molar-refractivity contribution in [3.63, 3.8) is 0 Å². The summed E-state index contributed by atoms with van der Waals surface area (Å²) in [5.41, 5.74) is 10.1. The second kappa shape index (κ2) is 8.44. The minimum absolute atomic E-state index is 0.247. The van der Waals surface area contributed by atoms with E-state index in [4.69, 9.17) is 11.1 Å². The first-order chi connectivity index (χ1) is 12.9. The number of nitrogens with two attached hydrogens (primary N) is 1. The molecule has 1 aromatic carbocycles. The van der Waals surface area contributed by atoms with Crippen LogP contribution in [0, 0.1) is 5.41 Å². The first-order valence-electron chi connectivity index (χ1n) is 10.2. The summed E-state index contributed by atoms with van der Waals surface area (Å²) in [5, 5.41) is 11.6. The zero-order valence-electron chi connectivity index (χ0n) is 17.0. The smallest absolute Gasteiger partial charge is 0.0406 e. The zero-order valence-corrected chi connectivity index (χ0v) is 17.0. The van der Waals surface area contributed by atoms with Gasteiger partial charge in [0.05, 0.1) is 0 Å². The van der Waals surface area contributed by atoms with Crippen LogP contribution in [-0.4, -0.2) is 60.8 Å². The van der Waals surface area contributed by atoms with Crippen LogP contribution in [0.25, 0.3) is 5.70 Å². The van der Waals surface area contributed by atoms with Gasteiger partial charge >= 0.3 is 0 Å². The second-order valence-electron chi connectivity index (χ2n) is 8.33. The number of nitrogens with one attached hydrogen (secondary N) is 2. The van der Waals surface area contributed by atoms with Crippen molar-refractivity contribution >= 4 is 17.1 Å². The normalized spacial score (nSPS) is 21.0. The largest absolute Gasteiger partial charge is 0.398 e. The average molecular weight is 370 g/mol. The lowest BCUT2D eigenvalue weighted by Crippen LogP contribution is -2.60. The average Bonchev–Trinajstić information content (AvgIpc) is 2.67. The van der Waals surface area contributed by atoms with Gasteiger partial charge in [-0.05, 0) is 44.5 Å². The zero-order chi connectivity index (χ0) is 19.4. The summed E-state index contributed by atoms with van der Waals surface area (Å²) in [6.07, 6.45) is 6.53. The van der Waals surface area contributed by atoms with E-state index in [-0.39, 0.29) is 5.54 Å². The molecule has 0 aromatic heterocycles. The molecule has 0 amide bonds. The molecule has 27 heavy (non-hydrogen) atoms. The maximum Gasteiger partial charge on any atom is 0.0406 e. The van der Waals surface area contributed by atoms with Gasteiger partial charge in [0.25, 0.3) is 0 Å². The summed E-state index contributed by atoms with van der Waals surface area (Å²) < 4.78 is 0. The predicted octanol–water partition coefficient (Wildman–Crippen LogP) is 3.17. The molecule has 0 spiro atoms. The predicted molar refractivity (Wildman–Crippen MR) is 115 cm³/mol. The van der Waals surface area contributed by atoms with Gasteiger partial charge in [0.1, 0.15) is 0 Å². The summed E-state index contributed by atoms with van der Waals surface area (Å²) in [6.45, 7) is 11.6. The number of nitrogen functional groups attached to an aromatic ring is 1. The van der Waals surface area contributed by atoms with E-state index in [2.05, 4.69) is 28.7 Å². The molecular formula is C22H35N5. The monoisotopic (exact) mass is 369 g/mol. The van der Waals surface area contributed by atoms with E-state index in [1.807, 2.05) is 18.2 Å². The highest BCUT2D eigenvalue weighted by atomic mass is 15.3. The van der Waals surface area contributed by atoms with Crippen molar-refractivity contribution in [1.29, 1.82) is 5.41 Å². The van der Waals surface area contributed by atoms with Crippen molar-refractivity contribution in [2.24, 2.45) is 0 Å². The number of hydrogen-bond donors (Lipinski definition) is 3.